The fourth-order valence-corrected chi connectivity index (χ4v) is 1.97. The third kappa shape index (κ3) is 4.85. The molecule has 1 unspecified atom stereocenters. The minimum atomic E-state index is -0.0278. The fourth-order valence-electron chi connectivity index (χ4n) is 1.97. The molecule has 4 nitrogen and oxygen atoms in total. The monoisotopic (exact) mass is 278 g/mol. The van der Waals surface area contributed by atoms with Crippen molar-refractivity contribution < 1.29 is 9.53 Å². The lowest BCUT2D eigenvalue weighted by molar-refractivity contribution is -0.120. The van der Waals surface area contributed by atoms with Crippen molar-refractivity contribution >= 4 is 5.91 Å². The van der Waals surface area contributed by atoms with Crippen LogP contribution in [0.4, 0.5) is 0 Å². The van der Waals surface area contributed by atoms with Gasteiger partial charge < -0.3 is 15.8 Å². The van der Waals surface area contributed by atoms with E-state index in [0.29, 0.717) is 13.0 Å². The van der Waals surface area contributed by atoms with Crippen molar-refractivity contribution in [3.05, 3.63) is 29.3 Å². The van der Waals surface area contributed by atoms with E-state index >= 15 is 0 Å². The number of benzene rings is 1. The predicted molar refractivity (Wildman–Crippen MR) is 82.1 cm³/mol. The Morgan fingerprint density at radius 1 is 1.40 bits per heavy atom. The first-order chi connectivity index (χ1) is 9.24. The first-order valence-electron chi connectivity index (χ1n) is 6.93. The van der Waals surface area contributed by atoms with Gasteiger partial charge in [-0.05, 0) is 29.5 Å². The number of carbonyl (C=O) groups excluding carboxylic acids is 1. The second kappa shape index (κ2) is 6.75. The number of carbonyl (C=O) groups is 1. The highest BCUT2D eigenvalue weighted by molar-refractivity contribution is 5.78. The second-order valence-corrected chi connectivity index (χ2v) is 6.24. The van der Waals surface area contributed by atoms with Crippen LogP contribution in [0.15, 0.2) is 18.2 Å². The third-order valence-electron chi connectivity index (χ3n) is 3.06. The van der Waals surface area contributed by atoms with Crippen molar-refractivity contribution in [1.82, 2.24) is 5.32 Å². The quantitative estimate of drug-likeness (QED) is 0.866. The largest absolute Gasteiger partial charge is 0.496 e. The summed E-state index contributed by atoms with van der Waals surface area (Å²) in [4.78, 5) is 11.8. The van der Waals surface area contributed by atoms with Crippen LogP contribution >= 0.6 is 0 Å². The lowest BCUT2D eigenvalue weighted by Gasteiger charge is -2.23. The van der Waals surface area contributed by atoms with Crippen LogP contribution in [0.3, 0.4) is 0 Å². The molecule has 0 radical (unpaired) electrons. The van der Waals surface area contributed by atoms with Crippen molar-refractivity contribution in [1.29, 1.82) is 0 Å². The Morgan fingerprint density at radius 2 is 2.05 bits per heavy atom. The van der Waals surface area contributed by atoms with Gasteiger partial charge in [0.15, 0.2) is 0 Å². The highest BCUT2D eigenvalue weighted by Crippen LogP contribution is 2.32. The number of methoxy groups -OCH3 is 1. The Kier molecular flexibility index (Phi) is 5.57. The van der Waals surface area contributed by atoms with E-state index in [0.717, 1.165) is 16.9 Å². The fraction of sp³-hybridized carbons (Fsp3) is 0.562. The Hall–Kier alpha value is -1.55. The van der Waals surface area contributed by atoms with E-state index in [-0.39, 0.29) is 17.4 Å². The van der Waals surface area contributed by atoms with Gasteiger partial charge in [0.05, 0.1) is 13.5 Å². The van der Waals surface area contributed by atoms with E-state index < -0.39 is 0 Å². The number of rotatable bonds is 5. The molecule has 1 aromatic rings. The van der Waals surface area contributed by atoms with Crippen molar-refractivity contribution in [2.75, 3.05) is 13.7 Å². The summed E-state index contributed by atoms with van der Waals surface area (Å²) in [7, 11) is 1.67. The molecule has 112 valence electrons. The molecule has 3 N–H and O–H groups in total. The maximum Gasteiger partial charge on any atom is 0.224 e. The normalized spacial score (nSPS) is 12.9. The predicted octanol–water partition coefficient (Wildman–Crippen LogP) is 2.00. The van der Waals surface area contributed by atoms with Gasteiger partial charge >= 0.3 is 0 Å². The van der Waals surface area contributed by atoms with Crippen LogP contribution in [-0.4, -0.2) is 25.6 Å². The number of nitrogens with one attached hydrogen (secondary N) is 1. The summed E-state index contributed by atoms with van der Waals surface area (Å²) in [6.45, 7) is 8.76. The Morgan fingerprint density at radius 3 is 2.55 bits per heavy atom. The topological polar surface area (TPSA) is 64.3 Å². The Bertz CT molecular complexity index is 462. The third-order valence-corrected chi connectivity index (χ3v) is 3.06. The van der Waals surface area contributed by atoms with Crippen LogP contribution in [-0.2, 0) is 16.6 Å². The smallest absolute Gasteiger partial charge is 0.224 e. The van der Waals surface area contributed by atoms with E-state index in [1.807, 2.05) is 25.1 Å². The summed E-state index contributed by atoms with van der Waals surface area (Å²) in [5, 5.41) is 2.82. The van der Waals surface area contributed by atoms with Crippen LogP contribution in [0.5, 0.6) is 5.75 Å². The molecule has 0 aliphatic rings. The Labute approximate surface area is 121 Å². The van der Waals surface area contributed by atoms with Gasteiger partial charge in [0.2, 0.25) is 5.91 Å². The van der Waals surface area contributed by atoms with Gasteiger partial charge in [-0.15, -0.1) is 0 Å². The maximum atomic E-state index is 11.8. The highest BCUT2D eigenvalue weighted by Gasteiger charge is 2.19. The molecule has 0 aliphatic carbocycles. The van der Waals surface area contributed by atoms with Gasteiger partial charge in [0.1, 0.15) is 5.75 Å². The minimum absolute atomic E-state index is 0.00711. The minimum Gasteiger partial charge on any atom is -0.496 e. The number of hydrogen-bond donors (Lipinski definition) is 2. The highest BCUT2D eigenvalue weighted by atomic mass is 16.5. The van der Waals surface area contributed by atoms with Crippen LogP contribution in [0.2, 0.25) is 0 Å². The van der Waals surface area contributed by atoms with Gasteiger partial charge in [0, 0.05) is 12.6 Å². The summed E-state index contributed by atoms with van der Waals surface area (Å²) in [6, 6.07) is 5.87. The van der Waals surface area contributed by atoms with E-state index in [1.54, 1.807) is 7.11 Å². The van der Waals surface area contributed by atoms with Crippen LogP contribution in [0, 0.1) is 0 Å². The molecule has 1 amide bonds. The summed E-state index contributed by atoms with van der Waals surface area (Å²) in [6.07, 6.45) is 0.361. The van der Waals surface area contributed by atoms with Crippen molar-refractivity contribution in [3.63, 3.8) is 0 Å². The molecule has 0 fully saturated rings. The lowest BCUT2D eigenvalue weighted by Crippen LogP contribution is -2.35. The molecule has 1 rings (SSSR count). The number of amides is 1. The molecule has 0 heterocycles. The molecule has 0 saturated carbocycles. The first-order valence-corrected chi connectivity index (χ1v) is 6.93. The molecule has 0 bridgehead atoms. The van der Waals surface area contributed by atoms with Gasteiger partial charge in [-0.3, -0.25) is 4.79 Å². The van der Waals surface area contributed by atoms with Gasteiger partial charge in [-0.25, -0.2) is 0 Å². The van der Waals surface area contributed by atoms with Crippen molar-refractivity contribution in [3.8, 4) is 5.75 Å². The summed E-state index contributed by atoms with van der Waals surface area (Å²) < 4.78 is 5.39. The van der Waals surface area contributed by atoms with E-state index in [2.05, 4.69) is 26.1 Å². The molecule has 1 aromatic carbocycles. The second-order valence-electron chi connectivity index (χ2n) is 6.24. The summed E-state index contributed by atoms with van der Waals surface area (Å²) >= 11 is 0. The lowest BCUT2D eigenvalue weighted by atomic mass is 9.85. The molecule has 0 aliphatic heterocycles. The SMILES string of the molecule is COc1ccc(CC(=O)NCC(C)N)cc1C(C)(C)C. The molecule has 1 atom stereocenters. The molecule has 0 saturated heterocycles. The van der Waals surface area contributed by atoms with E-state index in [9.17, 15) is 4.79 Å². The average Bonchev–Trinajstić information content (AvgIpc) is 2.35. The van der Waals surface area contributed by atoms with Crippen molar-refractivity contribution in [2.24, 2.45) is 5.73 Å². The molecule has 4 heteroatoms. The van der Waals surface area contributed by atoms with Gasteiger partial charge in [0.25, 0.3) is 0 Å². The van der Waals surface area contributed by atoms with Crippen molar-refractivity contribution in [2.45, 2.75) is 45.6 Å². The Balaban J connectivity index is 2.85. The standard InChI is InChI=1S/C16H26N2O2/c1-11(17)10-18-15(19)9-12-6-7-14(20-5)13(8-12)16(2,3)4/h6-8,11H,9-10,17H2,1-5H3,(H,18,19). The zero-order valence-electron chi connectivity index (χ0n) is 13.1. The molecule has 0 spiro atoms. The molecule has 20 heavy (non-hydrogen) atoms. The van der Waals surface area contributed by atoms with E-state index in [4.69, 9.17) is 10.5 Å². The van der Waals surface area contributed by atoms with Gasteiger partial charge in [-0.2, -0.15) is 0 Å². The number of hydrogen-bond acceptors (Lipinski definition) is 3. The molecular formula is C16H26N2O2. The summed E-state index contributed by atoms with van der Waals surface area (Å²) in [5.41, 5.74) is 7.69. The maximum absolute atomic E-state index is 11.8. The molecule has 0 aromatic heterocycles. The van der Waals surface area contributed by atoms with Crippen LogP contribution < -0.4 is 15.8 Å². The average molecular weight is 278 g/mol. The zero-order valence-corrected chi connectivity index (χ0v) is 13.1. The molecular weight excluding hydrogens is 252 g/mol. The van der Waals surface area contributed by atoms with E-state index in [1.165, 1.54) is 0 Å². The first kappa shape index (κ1) is 16.5. The number of nitrogens with two attached hydrogens (primary N) is 1. The van der Waals surface area contributed by atoms with Crippen LogP contribution in [0.25, 0.3) is 0 Å². The van der Waals surface area contributed by atoms with Crippen LogP contribution in [0.1, 0.15) is 38.8 Å². The zero-order chi connectivity index (χ0) is 15.3. The van der Waals surface area contributed by atoms with Gasteiger partial charge in [-0.1, -0.05) is 32.9 Å². The summed E-state index contributed by atoms with van der Waals surface area (Å²) in [5.74, 6) is 0.851. The number of ether oxygens (including phenoxy) is 1.